The van der Waals surface area contributed by atoms with Crippen molar-refractivity contribution < 1.29 is 9.59 Å². The van der Waals surface area contributed by atoms with Gasteiger partial charge in [0.1, 0.15) is 0 Å². The number of nitrogens with one attached hydrogen (secondary N) is 2. The summed E-state index contributed by atoms with van der Waals surface area (Å²) in [5, 5.41) is 5.14. The van der Waals surface area contributed by atoms with E-state index >= 15 is 0 Å². The van der Waals surface area contributed by atoms with Crippen LogP contribution in [-0.2, 0) is 4.79 Å². The van der Waals surface area contributed by atoms with Gasteiger partial charge in [-0.3, -0.25) is 15.0 Å². The van der Waals surface area contributed by atoms with E-state index in [1.54, 1.807) is 0 Å². The maximum absolute atomic E-state index is 11.9. The Morgan fingerprint density at radius 2 is 1.90 bits per heavy atom. The lowest BCUT2D eigenvalue weighted by molar-refractivity contribution is -0.121. The third-order valence-corrected chi connectivity index (χ3v) is 4.81. The first-order chi connectivity index (χ1) is 10.2. The highest BCUT2D eigenvalue weighted by Crippen LogP contribution is 2.35. The molecule has 5 heteroatoms. The number of unbranched alkanes of at least 4 members (excludes halogenated alkanes) is 1. The standard InChI is InChI=1S/C16H29N3O2/c1-2-3-9-17-16(21)18-15(20)12-19-10-8-13-6-4-5-7-14(13)11-19/h13-14H,2-12H2,1H3,(H2,17,18,20,21)/t13-,14-/m1/s1. The minimum atomic E-state index is -0.360. The van der Waals surface area contributed by atoms with Crippen molar-refractivity contribution in [3.05, 3.63) is 0 Å². The molecule has 2 fully saturated rings. The maximum atomic E-state index is 11.9. The van der Waals surface area contributed by atoms with Gasteiger partial charge in [-0.1, -0.05) is 32.6 Å². The maximum Gasteiger partial charge on any atom is 0.321 e. The van der Waals surface area contributed by atoms with Gasteiger partial charge in [-0.15, -0.1) is 0 Å². The number of carbonyl (C=O) groups excluding carboxylic acids is 2. The molecule has 1 heterocycles. The largest absolute Gasteiger partial charge is 0.338 e. The van der Waals surface area contributed by atoms with E-state index in [4.69, 9.17) is 0 Å². The third kappa shape index (κ3) is 5.30. The molecule has 2 aliphatic rings. The van der Waals surface area contributed by atoms with Crippen molar-refractivity contribution in [3.63, 3.8) is 0 Å². The Kier molecular flexibility index (Phi) is 6.49. The van der Waals surface area contributed by atoms with Crippen LogP contribution < -0.4 is 10.6 Å². The summed E-state index contributed by atoms with van der Waals surface area (Å²) in [6, 6.07) is -0.360. The zero-order valence-corrected chi connectivity index (χ0v) is 13.2. The predicted molar refractivity (Wildman–Crippen MR) is 83.0 cm³/mol. The minimum Gasteiger partial charge on any atom is -0.338 e. The lowest BCUT2D eigenvalue weighted by Crippen LogP contribution is -2.48. The monoisotopic (exact) mass is 295 g/mol. The van der Waals surface area contributed by atoms with Gasteiger partial charge in [0, 0.05) is 13.1 Å². The molecule has 0 spiro atoms. The molecule has 2 atom stereocenters. The van der Waals surface area contributed by atoms with Crippen molar-refractivity contribution in [3.8, 4) is 0 Å². The zero-order valence-electron chi connectivity index (χ0n) is 13.2. The Morgan fingerprint density at radius 3 is 2.67 bits per heavy atom. The first-order valence-electron chi connectivity index (χ1n) is 8.49. The van der Waals surface area contributed by atoms with Gasteiger partial charge in [0.15, 0.2) is 0 Å². The number of amides is 3. The molecule has 0 bridgehead atoms. The van der Waals surface area contributed by atoms with Gasteiger partial charge in [-0.05, 0) is 37.6 Å². The number of rotatable bonds is 5. The molecule has 2 N–H and O–H groups in total. The van der Waals surface area contributed by atoms with E-state index < -0.39 is 0 Å². The molecule has 5 nitrogen and oxygen atoms in total. The number of carbonyl (C=O) groups is 2. The van der Waals surface area contributed by atoms with E-state index in [9.17, 15) is 9.59 Å². The van der Waals surface area contributed by atoms with Crippen molar-refractivity contribution in [2.45, 2.75) is 51.9 Å². The van der Waals surface area contributed by atoms with E-state index in [1.807, 2.05) is 0 Å². The first-order valence-corrected chi connectivity index (χ1v) is 8.49. The van der Waals surface area contributed by atoms with Crippen LogP contribution in [0, 0.1) is 11.8 Å². The number of likely N-dealkylation sites (tertiary alicyclic amines) is 1. The lowest BCUT2D eigenvalue weighted by atomic mass is 9.75. The summed E-state index contributed by atoms with van der Waals surface area (Å²) in [6.45, 7) is 5.06. The van der Waals surface area contributed by atoms with E-state index in [-0.39, 0.29) is 11.9 Å². The number of urea groups is 1. The summed E-state index contributed by atoms with van der Waals surface area (Å²) < 4.78 is 0. The fourth-order valence-electron chi connectivity index (χ4n) is 3.61. The van der Waals surface area contributed by atoms with Gasteiger partial charge in [0.05, 0.1) is 6.54 Å². The number of imide groups is 1. The molecule has 0 aromatic heterocycles. The van der Waals surface area contributed by atoms with Crippen LogP contribution in [0.25, 0.3) is 0 Å². The quantitative estimate of drug-likeness (QED) is 0.764. The summed E-state index contributed by atoms with van der Waals surface area (Å²) in [4.78, 5) is 25.6. The summed E-state index contributed by atoms with van der Waals surface area (Å²) in [5.41, 5.74) is 0. The highest BCUT2D eigenvalue weighted by atomic mass is 16.2. The van der Waals surface area contributed by atoms with Crippen LogP contribution in [0.3, 0.4) is 0 Å². The molecule has 21 heavy (non-hydrogen) atoms. The van der Waals surface area contributed by atoms with E-state index in [0.717, 1.165) is 37.8 Å². The van der Waals surface area contributed by atoms with Gasteiger partial charge in [-0.2, -0.15) is 0 Å². The third-order valence-electron chi connectivity index (χ3n) is 4.81. The normalized spacial score (nSPS) is 26.0. The summed E-state index contributed by atoms with van der Waals surface area (Å²) >= 11 is 0. The summed E-state index contributed by atoms with van der Waals surface area (Å²) in [7, 11) is 0. The van der Waals surface area contributed by atoms with E-state index in [2.05, 4.69) is 22.5 Å². The molecule has 0 unspecified atom stereocenters. The Labute approximate surface area is 127 Å². The van der Waals surface area contributed by atoms with Crippen molar-refractivity contribution >= 4 is 11.9 Å². The fraction of sp³-hybridized carbons (Fsp3) is 0.875. The zero-order chi connectivity index (χ0) is 15.1. The van der Waals surface area contributed by atoms with Crippen molar-refractivity contribution in [1.29, 1.82) is 0 Å². The highest BCUT2D eigenvalue weighted by molar-refractivity contribution is 5.95. The second-order valence-corrected chi connectivity index (χ2v) is 6.49. The van der Waals surface area contributed by atoms with Crippen LogP contribution in [0.15, 0.2) is 0 Å². The molecule has 1 aliphatic carbocycles. The van der Waals surface area contributed by atoms with Gasteiger partial charge < -0.3 is 5.32 Å². The van der Waals surface area contributed by atoms with Crippen LogP contribution in [-0.4, -0.2) is 43.0 Å². The van der Waals surface area contributed by atoms with E-state index in [0.29, 0.717) is 13.1 Å². The van der Waals surface area contributed by atoms with Crippen LogP contribution in [0.5, 0.6) is 0 Å². The minimum absolute atomic E-state index is 0.182. The Bertz CT molecular complexity index is 359. The van der Waals surface area contributed by atoms with Crippen molar-refractivity contribution in [2.75, 3.05) is 26.2 Å². The topological polar surface area (TPSA) is 61.4 Å². The van der Waals surface area contributed by atoms with Crippen molar-refractivity contribution in [2.24, 2.45) is 11.8 Å². The summed E-state index contributed by atoms with van der Waals surface area (Å²) in [6.07, 6.45) is 8.56. The molecule has 0 radical (unpaired) electrons. The Hall–Kier alpha value is -1.10. The number of piperidine rings is 1. The van der Waals surface area contributed by atoms with Gasteiger partial charge in [0.25, 0.3) is 0 Å². The van der Waals surface area contributed by atoms with Gasteiger partial charge >= 0.3 is 6.03 Å². The molecule has 1 saturated heterocycles. The number of fused-ring (bicyclic) bond motifs is 1. The fourth-order valence-corrected chi connectivity index (χ4v) is 3.61. The van der Waals surface area contributed by atoms with Gasteiger partial charge in [0.2, 0.25) is 5.91 Å². The molecule has 1 saturated carbocycles. The average molecular weight is 295 g/mol. The SMILES string of the molecule is CCCCNC(=O)NC(=O)CN1CC[C@H]2CCCC[C@@H]2C1. The predicted octanol–water partition coefficient (Wildman–Crippen LogP) is 2.12. The first kappa shape index (κ1) is 16.3. The number of hydrogen-bond donors (Lipinski definition) is 2. The molecule has 0 aromatic carbocycles. The van der Waals surface area contributed by atoms with Crippen LogP contribution >= 0.6 is 0 Å². The Morgan fingerprint density at radius 1 is 1.14 bits per heavy atom. The van der Waals surface area contributed by atoms with Crippen LogP contribution in [0.4, 0.5) is 4.79 Å². The highest BCUT2D eigenvalue weighted by Gasteiger charge is 2.31. The van der Waals surface area contributed by atoms with Gasteiger partial charge in [-0.25, -0.2) is 4.79 Å². The molecule has 2 rings (SSSR count). The average Bonchev–Trinajstić information content (AvgIpc) is 2.47. The summed E-state index contributed by atoms with van der Waals surface area (Å²) in [5.74, 6) is 1.45. The van der Waals surface area contributed by atoms with Crippen molar-refractivity contribution in [1.82, 2.24) is 15.5 Å². The second kappa shape index (κ2) is 8.37. The van der Waals surface area contributed by atoms with Crippen LogP contribution in [0.2, 0.25) is 0 Å². The smallest absolute Gasteiger partial charge is 0.321 e. The molecule has 3 amide bonds. The Balaban J connectivity index is 1.67. The molecule has 120 valence electrons. The number of nitrogens with zero attached hydrogens (tertiary/aromatic N) is 1. The van der Waals surface area contributed by atoms with E-state index in [1.165, 1.54) is 32.1 Å². The molecular formula is C16H29N3O2. The molecule has 1 aliphatic heterocycles. The van der Waals surface area contributed by atoms with Crippen LogP contribution in [0.1, 0.15) is 51.9 Å². The molecular weight excluding hydrogens is 266 g/mol. The second-order valence-electron chi connectivity index (χ2n) is 6.49. The number of hydrogen-bond acceptors (Lipinski definition) is 3. The molecule has 0 aromatic rings. The lowest BCUT2D eigenvalue weighted by Gasteiger charge is -2.41.